The third kappa shape index (κ3) is 3.09. The third-order valence-corrected chi connectivity index (χ3v) is 6.09. The minimum atomic E-state index is 0.0883. The van der Waals surface area contributed by atoms with Crippen molar-refractivity contribution < 1.29 is 4.79 Å². The summed E-state index contributed by atoms with van der Waals surface area (Å²) < 4.78 is 1.20. The molecule has 1 amide bonds. The van der Waals surface area contributed by atoms with Crippen LogP contribution in [-0.4, -0.2) is 30.5 Å². The highest BCUT2D eigenvalue weighted by Crippen LogP contribution is 2.32. The van der Waals surface area contributed by atoms with Crippen LogP contribution >= 0.6 is 22.7 Å². The van der Waals surface area contributed by atoms with Crippen LogP contribution in [0.2, 0.25) is 0 Å². The lowest BCUT2D eigenvalue weighted by atomic mass is 10.00. The number of benzene rings is 1. The van der Waals surface area contributed by atoms with E-state index in [-0.39, 0.29) is 11.8 Å². The molecule has 0 saturated carbocycles. The molecule has 0 spiro atoms. The molecule has 118 valence electrons. The summed E-state index contributed by atoms with van der Waals surface area (Å²) in [5.74, 6) is 0.254. The minimum absolute atomic E-state index is 0.0883. The summed E-state index contributed by atoms with van der Waals surface area (Å²) in [4.78, 5) is 20.3. The van der Waals surface area contributed by atoms with Crippen LogP contribution in [0.3, 0.4) is 0 Å². The normalized spacial score (nSPS) is 14.9. The summed E-state index contributed by atoms with van der Waals surface area (Å²) in [5.41, 5.74) is 1.04. The Bertz CT molecular complexity index is 773. The maximum Gasteiger partial charge on any atom is 0.226 e. The van der Waals surface area contributed by atoms with Crippen molar-refractivity contribution in [3.63, 3.8) is 0 Å². The van der Waals surface area contributed by atoms with E-state index in [9.17, 15) is 4.79 Å². The monoisotopic (exact) mass is 343 g/mol. The van der Waals surface area contributed by atoms with E-state index >= 15 is 0 Å². The van der Waals surface area contributed by atoms with Crippen LogP contribution in [0.15, 0.2) is 41.8 Å². The number of anilines is 1. The van der Waals surface area contributed by atoms with Gasteiger partial charge < -0.3 is 10.2 Å². The number of aromatic nitrogens is 1. The number of thiazole rings is 1. The number of amides is 1. The lowest BCUT2D eigenvalue weighted by molar-refractivity contribution is -0.125. The predicted molar refractivity (Wildman–Crippen MR) is 96.4 cm³/mol. The van der Waals surface area contributed by atoms with Gasteiger partial charge in [0.1, 0.15) is 0 Å². The van der Waals surface area contributed by atoms with Gasteiger partial charge in [-0.05, 0) is 30.0 Å². The van der Waals surface area contributed by atoms with Gasteiger partial charge in [-0.1, -0.05) is 29.5 Å². The van der Waals surface area contributed by atoms with Crippen LogP contribution in [0.4, 0.5) is 5.13 Å². The van der Waals surface area contributed by atoms with E-state index in [1.54, 1.807) is 22.7 Å². The van der Waals surface area contributed by atoms with Crippen LogP contribution < -0.4 is 10.2 Å². The van der Waals surface area contributed by atoms with Crippen LogP contribution in [0.5, 0.6) is 0 Å². The Morgan fingerprint density at radius 3 is 2.91 bits per heavy atom. The molecule has 1 aliphatic rings. The maximum atomic E-state index is 12.2. The molecule has 1 saturated heterocycles. The van der Waals surface area contributed by atoms with Gasteiger partial charge in [0, 0.05) is 24.5 Å². The fraction of sp³-hybridized carbons (Fsp3) is 0.294. The first-order valence-corrected chi connectivity index (χ1v) is 9.40. The molecule has 1 fully saturated rings. The molecule has 1 N–H and O–H groups in total. The molecule has 0 bridgehead atoms. The van der Waals surface area contributed by atoms with E-state index in [1.165, 1.54) is 9.58 Å². The Kier molecular flexibility index (Phi) is 4.01. The second-order valence-corrected chi connectivity index (χ2v) is 7.73. The zero-order chi connectivity index (χ0) is 15.6. The first-order chi connectivity index (χ1) is 11.3. The van der Waals surface area contributed by atoms with E-state index in [2.05, 4.69) is 32.7 Å². The van der Waals surface area contributed by atoms with Crippen molar-refractivity contribution in [1.29, 1.82) is 0 Å². The van der Waals surface area contributed by atoms with Gasteiger partial charge in [0.05, 0.1) is 16.1 Å². The molecule has 3 aromatic rings. The van der Waals surface area contributed by atoms with Crippen LogP contribution in [0.25, 0.3) is 10.2 Å². The molecule has 3 heterocycles. The average molecular weight is 343 g/mol. The first kappa shape index (κ1) is 14.7. The SMILES string of the molecule is O=C(NCCc1cccs1)C1CN(c2nc3ccccc3s2)C1. The Hall–Kier alpha value is -1.92. The van der Waals surface area contributed by atoms with E-state index in [0.717, 1.165) is 36.7 Å². The molecule has 0 radical (unpaired) electrons. The lowest BCUT2D eigenvalue weighted by Crippen LogP contribution is -2.54. The first-order valence-electron chi connectivity index (χ1n) is 7.70. The molecule has 0 unspecified atom stereocenters. The lowest BCUT2D eigenvalue weighted by Gasteiger charge is -2.37. The van der Waals surface area contributed by atoms with Crippen LogP contribution in [0.1, 0.15) is 4.88 Å². The molecule has 2 aromatic heterocycles. The molecule has 6 heteroatoms. The summed E-state index contributed by atoms with van der Waals surface area (Å²) in [6.07, 6.45) is 0.914. The summed E-state index contributed by atoms with van der Waals surface area (Å²) in [6.45, 7) is 2.26. The molecule has 1 aliphatic heterocycles. The van der Waals surface area contributed by atoms with Gasteiger partial charge in [-0.15, -0.1) is 11.3 Å². The van der Waals surface area contributed by atoms with E-state index in [0.29, 0.717) is 0 Å². The van der Waals surface area contributed by atoms with Gasteiger partial charge >= 0.3 is 0 Å². The van der Waals surface area contributed by atoms with Gasteiger partial charge in [-0.3, -0.25) is 4.79 Å². The molecule has 4 nitrogen and oxygen atoms in total. The minimum Gasteiger partial charge on any atom is -0.355 e. The number of carbonyl (C=O) groups is 1. The van der Waals surface area contributed by atoms with Crippen molar-refractivity contribution in [2.45, 2.75) is 6.42 Å². The van der Waals surface area contributed by atoms with Gasteiger partial charge in [-0.25, -0.2) is 4.98 Å². The maximum absolute atomic E-state index is 12.2. The average Bonchev–Trinajstić information content (AvgIpc) is 3.14. The molecule has 0 aliphatic carbocycles. The second kappa shape index (κ2) is 6.29. The largest absolute Gasteiger partial charge is 0.355 e. The van der Waals surface area contributed by atoms with E-state index < -0.39 is 0 Å². The van der Waals surface area contributed by atoms with Crippen molar-refractivity contribution in [1.82, 2.24) is 10.3 Å². The quantitative estimate of drug-likeness (QED) is 0.774. The fourth-order valence-corrected chi connectivity index (χ4v) is 4.40. The number of para-hydroxylation sites is 1. The van der Waals surface area contributed by atoms with Crippen molar-refractivity contribution in [2.75, 3.05) is 24.5 Å². The number of hydrogen-bond donors (Lipinski definition) is 1. The molecule has 4 rings (SSSR count). The highest BCUT2D eigenvalue weighted by atomic mass is 32.1. The number of hydrogen-bond acceptors (Lipinski definition) is 5. The molecular weight excluding hydrogens is 326 g/mol. The predicted octanol–water partition coefficient (Wildman–Crippen LogP) is 3.15. The number of rotatable bonds is 5. The van der Waals surface area contributed by atoms with Crippen LogP contribution in [0, 0.1) is 5.92 Å². The van der Waals surface area contributed by atoms with E-state index in [4.69, 9.17) is 0 Å². The fourth-order valence-electron chi connectivity index (χ4n) is 2.70. The smallest absolute Gasteiger partial charge is 0.226 e. The summed E-state index contributed by atoms with van der Waals surface area (Å²) in [6, 6.07) is 12.3. The zero-order valence-corrected chi connectivity index (χ0v) is 14.2. The zero-order valence-electron chi connectivity index (χ0n) is 12.6. The summed E-state index contributed by atoms with van der Waals surface area (Å²) in [5, 5.41) is 6.14. The van der Waals surface area contributed by atoms with Gasteiger partial charge in [-0.2, -0.15) is 0 Å². The molecule has 23 heavy (non-hydrogen) atoms. The number of nitrogens with zero attached hydrogens (tertiary/aromatic N) is 2. The third-order valence-electron chi connectivity index (χ3n) is 4.06. The Labute approximate surface area is 142 Å². The number of thiophene rings is 1. The highest BCUT2D eigenvalue weighted by molar-refractivity contribution is 7.22. The van der Waals surface area contributed by atoms with Gasteiger partial charge in [0.15, 0.2) is 5.13 Å². The van der Waals surface area contributed by atoms with Crippen molar-refractivity contribution in [2.24, 2.45) is 5.92 Å². The second-order valence-electron chi connectivity index (χ2n) is 5.69. The number of carbonyl (C=O) groups excluding carboxylic acids is 1. The Balaban J connectivity index is 1.28. The summed E-state index contributed by atoms with van der Waals surface area (Å²) in [7, 11) is 0. The van der Waals surface area contributed by atoms with E-state index in [1.807, 2.05) is 24.3 Å². The molecule has 0 atom stereocenters. The molecular formula is C17H17N3OS2. The molecule has 1 aromatic carbocycles. The summed E-state index contributed by atoms with van der Waals surface area (Å²) >= 11 is 3.43. The van der Waals surface area contributed by atoms with Crippen molar-refractivity contribution in [3.05, 3.63) is 46.7 Å². The Morgan fingerprint density at radius 1 is 1.26 bits per heavy atom. The van der Waals surface area contributed by atoms with Crippen molar-refractivity contribution in [3.8, 4) is 0 Å². The highest BCUT2D eigenvalue weighted by Gasteiger charge is 2.34. The Morgan fingerprint density at radius 2 is 2.13 bits per heavy atom. The standard InChI is InChI=1S/C17H17N3OS2/c21-16(18-8-7-13-4-3-9-22-13)12-10-20(11-12)17-19-14-5-1-2-6-15(14)23-17/h1-6,9,12H,7-8,10-11H2,(H,18,21). The van der Waals surface area contributed by atoms with Gasteiger partial charge in [0.25, 0.3) is 0 Å². The van der Waals surface area contributed by atoms with Gasteiger partial charge in [0.2, 0.25) is 5.91 Å². The van der Waals surface area contributed by atoms with Crippen molar-refractivity contribution >= 4 is 43.9 Å². The number of fused-ring (bicyclic) bond motifs is 1. The topological polar surface area (TPSA) is 45.2 Å². The van der Waals surface area contributed by atoms with Crippen LogP contribution in [-0.2, 0) is 11.2 Å². The number of nitrogens with one attached hydrogen (secondary N) is 1.